The SMILES string of the molecule is Cc1c(S(=O)(=O)N2CCN(C(=O)c3cnn4c(C(F)F)cc(-c5ccc(F)cc5)nc34)CC2)cnn1C. The van der Waals surface area contributed by atoms with E-state index in [2.05, 4.69) is 15.2 Å². The van der Waals surface area contributed by atoms with Gasteiger partial charge < -0.3 is 4.90 Å². The lowest BCUT2D eigenvalue weighted by Gasteiger charge is -2.33. The zero-order chi connectivity index (χ0) is 26.5. The molecule has 0 saturated carbocycles. The van der Waals surface area contributed by atoms with Crippen LogP contribution in [0.3, 0.4) is 0 Å². The Labute approximate surface area is 210 Å². The van der Waals surface area contributed by atoms with Crippen molar-refractivity contribution < 1.29 is 26.4 Å². The van der Waals surface area contributed by atoms with Crippen LogP contribution in [0.4, 0.5) is 13.2 Å². The monoisotopic (exact) mass is 533 g/mol. The number of carbonyl (C=O) groups excluding carboxylic acids is 1. The molecule has 14 heteroatoms. The molecule has 10 nitrogen and oxygen atoms in total. The number of nitrogens with zero attached hydrogens (tertiary/aromatic N) is 7. The minimum Gasteiger partial charge on any atom is -0.336 e. The van der Waals surface area contributed by atoms with Crippen molar-refractivity contribution in [1.29, 1.82) is 0 Å². The highest BCUT2D eigenvalue weighted by atomic mass is 32.2. The van der Waals surface area contributed by atoms with Gasteiger partial charge in [-0.3, -0.25) is 9.48 Å². The van der Waals surface area contributed by atoms with E-state index in [0.717, 1.165) is 10.6 Å². The fourth-order valence-corrected chi connectivity index (χ4v) is 5.84. The number of aryl methyl sites for hydroxylation is 1. The van der Waals surface area contributed by atoms with Gasteiger partial charge in [-0.25, -0.2) is 31.1 Å². The minimum atomic E-state index is -3.79. The van der Waals surface area contributed by atoms with Crippen molar-refractivity contribution in [2.45, 2.75) is 18.2 Å². The molecule has 0 spiro atoms. The fourth-order valence-electron chi connectivity index (χ4n) is 4.23. The van der Waals surface area contributed by atoms with Crippen LogP contribution < -0.4 is 0 Å². The number of hydrogen-bond donors (Lipinski definition) is 0. The van der Waals surface area contributed by atoms with Crippen LogP contribution in [-0.2, 0) is 17.1 Å². The number of rotatable bonds is 5. The van der Waals surface area contributed by atoms with Gasteiger partial charge >= 0.3 is 0 Å². The van der Waals surface area contributed by atoms with Crippen LogP contribution in [0.5, 0.6) is 0 Å². The molecule has 1 aromatic carbocycles. The van der Waals surface area contributed by atoms with Crippen LogP contribution in [0.15, 0.2) is 47.6 Å². The lowest BCUT2D eigenvalue weighted by molar-refractivity contribution is 0.0699. The summed E-state index contributed by atoms with van der Waals surface area (Å²) in [4.78, 5) is 19.3. The molecule has 4 heterocycles. The Bertz CT molecular complexity index is 1590. The van der Waals surface area contributed by atoms with E-state index < -0.39 is 33.9 Å². The van der Waals surface area contributed by atoms with E-state index in [-0.39, 0.29) is 48.0 Å². The maximum absolute atomic E-state index is 13.8. The largest absolute Gasteiger partial charge is 0.336 e. The number of piperazine rings is 1. The van der Waals surface area contributed by atoms with E-state index >= 15 is 0 Å². The molecule has 1 fully saturated rings. The molecular formula is C23H22F3N7O3S. The zero-order valence-corrected chi connectivity index (χ0v) is 20.7. The fraction of sp³-hybridized carbons (Fsp3) is 0.304. The van der Waals surface area contributed by atoms with Crippen molar-refractivity contribution in [3.63, 3.8) is 0 Å². The number of benzene rings is 1. The molecule has 5 rings (SSSR count). The standard InChI is InChI=1S/C23H22F3N7O3S/c1-14-20(13-27-30(14)2)37(35,36)32-9-7-31(8-10-32)23(34)17-12-28-33-19(21(25)26)11-18(29-22(17)33)15-3-5-16(24)6-4-15/h3-6,11-13,21H,7-10H2,1-2H3. The predicted molar refractivity (Wildman–Crippen MR) is 126 cm³/mol. The number of fused-ring (bicyclic) bond motifs is 1. The summed E-state index contributed by atoms with van der Waals surface area (Å²) in [5, 5.41) is 7.96. The molecule has 1 amide bonds. The van der Waals surface area contributed by atoms with Gasteiger partial charge in [0.25, 0.3) is 12.3 Å². The molecular weight excluding hydrogens is 511 g/mol. The maximum Gasteiger partial charge on any atom is 0.280 e. The summed E-state index contributed by atoms with van der Waals surface area (Å²) in [5.74, 6) is -0.993. The summed E-state index contributed by atoms with van der Waals surface area (Å²) in [6.45, 7) is 1.95. The first kappa shape index (κ1) is 24.9. The third-order valence-corrected chi connectivity index (χ3v) is 8.43. The molecule has 0 aliphatic carbocycles. The van der Waals surface area contributed by atoms with Crippen molar-refractivity contribution >= 4 is 21.6 Å². The first-order valence-electron chi connectivity index (χ1n) is 11.3. The van der Waals surface area contributed by atoms with Crippen LogP contribution in [-0.4, -0.2) is 74.1 Å². The molecule has 0 N–H and O–H groups in total. The Morgan fingerprint density at radius 3 is 2.30 bits per heavy atom. The Morgan fingerprint density at radius 2 is 1.70 bits per heavy atom. The van der Waals surface area contributed by atoms with Gasteiger partial charge in [0.2, 0.25) is 10.0 Å². The second-order valence-corrected chi connectivity index (χ2v) is 10.5. The molecule has 0 radical (unpaired) electrons. The second kappa shape index (κ2) is 9.27. The normalized spacial score (nSPS) is 15.1. The number of alkyl halides is 2. The van der Waals surface area contributed by atoms with E-state index in [4.69, 9.17) is 0 Å². The Hall–Kier alpha value is -3.78. The van der Waals surface area contributed by atoms with Crippen molar-refractivity contribution in [2.75, 3.05) is 26.2 Å². The minimum absolute atomic E-state index is 0.00488. The average Bonchev–Trinajstić information content (AvgIpc) is 3.46. The van der Waals surface area contributed by atoms with Crippen molar-refractivity contribution in [3.8, 4) is 11.3 Å². The Morgan fingerprint density at radius 1 is 1.03 bits per heavy atom. The smallest absolute Gasteiger partial charge is 0.280 e. The molecule has 1 saturated heterocycles. The average molecular weight is 534 g/mol. The van der Waals surface area contributed by atoms with E-state index in [1.807, 2.05) is 0 Å². The van der Waals surface area contributed by atoms with Gasteiger partial charge in [0.1, 0.15) is 22.0 Å². The summed E-state index contributed by atoms with van der Waals surface area (Å²) in [5.41, 5.74) is 0.511. The van der Waals surface area contributed by atoms with Crippen LogP contribution in [0.2, 0.25) is 0 Å². The highest BCUT2D eigenvalue weighted by molar-refractivity contribution is 7.89. The lowest BCUT2D eigenvalue weighted by Crippen LogP contribution is -2.50. The Balaban J connectivity index is 1.42. The van der Waals surface area contributed by atoms with Gasteiger partial charge in [-0.15, -0.1) is 0 Å². The first-order valence-corrected chi connectivity index (χ1v) is 12.7. The molecule has 0 bridgehead atoms. The van der Waals surface area contributed by atoms with Crippen molar-refractivity contribution in [3.05, 3.63) is 65.5 Å². The molecule has 1 aliphatic rings. The summed E-state index contributed by atoms with van der Waals surface area (Å²) >= 11 is 0. The summed E-state index contributed by atoms with van der Waals surface area (Å²) < 4.78 is 70.8. The zero-order valence-electron chi connectivity index (χ0n) is 19.8. The number of amides is 1. The quantitative estimate of drug-likeness (QED) is 0.391. The molecule has 1 aliphatic heterocycles. The van der Waals surface area contributed by atoms with Crippen LogP contribution in [0.25, 0.3) is 16.9 Å². The van der Waals surface area contributed by atoms with E-state index in [1.165, 1.54) is 50.5 Å². The predicted octanol–water partition coefficient (Wildman–Crippen LogP) is 2.66. The van der Waals surface area contributed by atoms with Gasteiger partial charge in [-0.05, 0) is 37.3 Å². The first-order chi connectivity index (χ1) is 17.6. The number of halogens is 3. The van der Waals surface area contributed by atoms with E-state index in [0.29, 0.717) is 11.3 Å². The van der Waals surface area contributed by atoms with Crippen LogP contribution >= 0.6 is 0 Å². The Kier molecular flexibility index (Phi) is 6.23. The highest BCUT2D eigenvalue weighted by Gasteiger charge is 2.33. The van der Waals surface area contributed by atoms with E-state index in [9.17, 15) is 26.4 Å². The number of carbonyl (C=O) groups is 1. The highest BCUT2D eigenvalue weighted by Crippen LogP contribution is 2.28. The molecule has 0 unspecified atom stereocenters. The third kappa shape index (κ3) is 4.35. The topological polar surface area (TPSA) is 106 Å². The number of sulfonamides is 1. The molecule has 37 heavy (non-hydrogen) atoms. The molecule has 194 valence electrons. The maximum atomic E-state index is 13.8. The van der Waals surface area contributed by atoms with Gasteiger partial charge in [0.15, 0.2) is 5.65 Å². The number of aromatic nitrogens is 5. The second-order valence-electron chi connectivity index (χ2n) is 8.58. The van der Waals surface area contributed by atoms with Gasteiger partial charge in [-0.2, -0.15) is 14.5 Å². The molecule has 3 aromatic heterocycles. The number of hydrogen-bond acceptors (Lipinski definition) is 6. The van der Waals surface area contributed by atoms with E-state index in [1.54, 1.807) is 14.0 Å². The third-order valence-electron chi connectivity index (χ3n) is 6.43. The summed E-state index contributed by atoms with van der Waals surface area (Å²) in [6.07, 6.45) is -0.434. The molecule has 4 aromatic rings. The van der Waals surface area contributed by atoms with Gasteiger partial charge in [-0.1, -0.05) is 0 Å². The van der Waals surface area contributed by atoms with Crippen molar-refractivity contribution in [1.82, 2.24) is 33.6 Å². The van der Waals surface area contributed by atoms with Crippen LogP contribution in [0, 0.1) is 12.7 Å². The van der Waals surface area contributed by atoms with Crippen LogP contribution in [0.1, 0.15) is 28.2 Å². The summed E-state index contributed by atoms with van der Waals surface area (Å²) in [6, 6.07) is 6.34. The molecule has 0 atom stereocenters. The van der Waals surface area contributed by atoms with Crippen molar-refractivity contribution in [2.24, 2.45) is 7.05 Å². The lowest BCUT2D eigenvalue weighted by atomic mass is 10.1. The summed E-state index contributed by atoms with van der Waals surface area (Å²) in [7, 11) is -2.14. The van der Waals surface area contributed by atoms with Gasteiger partial charge in [0, 0.05) is 38.8 Å². The van der Waals surface area contributed by atoms with Gasteiger partial charge in [0.05, 0.1) is 23.8 Å².